The molecule has 0 aromatic carbocycles. The number of hydrogen-bond donors (Lipinski definition) is 0. The quantitative estimate of drug-likeness (QED) is 0.210. The van der Waals surface area contributed by atoms with Crippen molar-refractivity contribution in [3.63, 3.8) is 0 Å². The molecule has 0 aliphatic rings. The first kappa shape index (κ1) is 37.3. The molecule has 0 aromatic rings. The maximum Gasteiger partial charge on any atom is 0 e. The minimum atomic E-state index is 0. The van der Waals surface area contributed by atoms with E-state index in [9.17, 15) is 0 Å². The molecular weight excluding hydrogens is 488 g/mol. The molecule has 0 aliphatic carbocycles. The Morgan fingerprint density at radius 2 is 0.321 bits per heavy atom. The molecule has 0 rings (SSSR count). The van der Waals surface area contributed by atoms with Crippen molar-refractivity contribution in [1.29, 1.82) is 0 Å². The van der Waals surface area contributed by atoms with Crippen molar-refractivity contribution in [3.05, 3.63) is 0 Å². The van der Waals surface area contributed by atoms with E-state index in [0.717, 1.165) is 25.7 Å². The molecule has 0 fully saturated rings. The Morgan fingerprint density at radius 1 is 0.250 bits per heavy atom. The van der Waals surface area contributed by atoms with Gasteiger partial charge in [-0.1, -0.05) is 125 Å². The monoisotopic (exact) mass is 544 g/mol. The Bertz CT molecular complexity index is 277. The molecule has 0 saturated heterocycles. The molecule has 178 valence electrons. The minimum Gasteiger partial charge on any atom is -0.111 e. The van der Waals surface area contributed by atoms with Crippen molar-refractivity contribution in [2.24, 2.45) is 0 Å². The predicted molar refractivity (Wildman–Crippen MR) is 143 cm³/mol. The van der Waals surface area contributed by atoms with Crippen LogP contribution in [0, 0.1) is 0 Å². The van der Waals surface area contributed by atoms with Gasteiger partial charge >= 0.3 is 0 Å². The molecule has 0 N–H and O–H groups in total. The van der Waals surface area contributed by atoms with Gasteiger partial charge in [-0.2, -0.15) is 0 Å². The molecule has 0 heterocycles. The Kier molecular flexibility index (Phi) is 18.0. The van der Waals surface area contributed by atoms with Gasteiger partial charge in [0, 0.05) is 20.4 Å². The van der Waals surface area contributed by atoms with E-state index < -0.39 is 0 Å². The smallest absolute Gasteiger partial charge is 0 e. The molecule has 0 aliphatic heterocycles. The maximum atomic E-state index is 2.30. The summed E-state index contributed by atoms with van der Waals surface area (Å²) < 4.78 is 0. The van der Waals surface area contributed by atoms with Gasteiger partial charge in [-0.15, -0.1) is 25.7 Å². The van der Waals surface area contributed by atoms with Gasteiger partial charge in [-0.25, -0.2) is 0 Å². The van der Waals surface area contributed by atoms with Crippen molar-refractivity contribution >= 4 is 25.7 Å². The van der Waals surface area contributed by atoms with Crippen molar-refractivity contribution in [2.45, 2.75) is 156 Å². The first-order valence-corrected chi connectivity index (χ1v) is 13.5. The van der Waals surface area contributed by atoms with E-state index in [0.29, 0.717) is 30.9 Å². The second kappa shape index (κ2) is 13.5. The average Bonchev–Trinajstić information content (AvgIpc) is 1.96. The van der Waals surface area contributed by atoms with E-state index in [1.807, 2.05) is 0 Å². The molecule has 0 bridgehead atoms. The summed E-state index contributed by atoms with van der Waals surface area (Å²) in [4.78, 5) is 0. The molecule has 0 unspecified atom stereocenters. The first-order chi connectivity index (χ1) is 11.1. The average molecular weight is 545 g/mol. The van der Waals surface area contributed by atoms with Crippen LogP contribution in [0.3, 0.4) is 0 Å². The molecule has 28 heavy (non-hydrogen) atoms. The van der Waals surface area contributed by atoms with Gasteiger partial charge < -0.3 is 0 Å². The molecule has 0 aromatic heterocycles. The van der Waals surface area contributed by atoms with E-state index in [-0.39, 0.29) is 20.4 Å². The summed E-state index contributed by atoms with van der Waals surface area (Å²) in [7, 11) is 3.15. The van der Waals surface area contributed by atoms with Crippen molar-refractivity contribution in [2.75, 3.05) is 0 Å². The van der Waals surface area contributed by atoms with E-state index in [1.54, 1.807) is 0 Å². The van der Waals surface area contributed by atoms with Crippen LogP contribution < -0.4 is 0 Å². The maximum absolute atomic E-state index is 2.30. The topological polar surface area (TPSA) is 0 Å². The van der Waals surface area contributed by atoms with E-state index in [2.05, 4.69) is 125 Å². The van der Waals surface area contributed by atoms with Crippen LogP contribution >= 0.6 is 25.7 Å². The van der Waals surface area contributed by atoms with Crippen molar-refractivity contribution < 1.29 is 20.4 Å². The van der Waals surface area contributed by atoms with E-state index in [1.165, 1.54) is 0 Å². The van der Waals surface area contributed by atoms with Crippen LogP contribution in [0.2, 0.25) is 0 Å². The molecule has 0 saturated carbocycles. The Hall–Kier alpha value is 1.95. The van der Waals surface area contributed by atoms with Gasteiger partial charge in [0.15, 0.2) is 0 Å². The summed E-state index contributed by atoms with van der Waals surface area (Å²) in [6, 6.07) is 0. The molecule has 4 heteroatoms. The molecule has 0 atom stereocenters. The van der Waals surface area contributed by atoms with Crippen LogP contribution in [-0.2, 0) is 20.4 Å². The zero-order valence-corrected chi connectivity index (χ0v) is 27.4. The standard InChI is InChI=1S/3C8H19P.Pd/c3*1-7(2,3)9-8(4,5)6;/h3*9H,1-6H3;. The first-order valence-electron chi connectivity index (χ1n) is 10.5. The fraction of sp³-hybridized carbons (Fsp3) is 1.00. The predicted octanol–water partition coefficient (Wildman–Crippen LogP) is 9.78. The molecule has 0 radical (unpaired) electrons. The van der Waals surface area contributed by atoms with Crippen LogP contribution in [-0.4, -0.2) is 30.9 Å². The molecule has 0 nitrogen and oxygen atoms in total. The third-order valence-electron chi connectivity index (χ3n) is 2.25. The van der Waals surface area contributed by atoms with Crippen molar-refractivity contribution in [3.8, 4) is 0 Å². The van der Waals surface area contributed by atoms with Crippen LogP contribution in [0.1, 0.15) is 125 Å². The second-order valence-corrected chi connectivity index (χ2v) is 23.6. The minimum absolute atomic E-state index is 0. The summed E-state index contributed by atoms with van der Waals surface area (Å²) in [6.45, 7) is 41.4. The molecule has 0 amide bonds. The number of hydrogen-bond acceptors (Lipinski definition) is 0. The van der Waals surface area contributed by atoms with E-state index >= 15 is 0 Å². The Labute approximate surface area is 201 Å². The Morgan fingerprint density at radius 3 is 0.321 bits per heavy atom. The summed E-state index contributed by atoms with van der Waals surface area (Å²) >= 11 is 0. The normalized spacial score (nSPS) is 13.5. The van der Waals surface area contributed by atoms with E-state index in [4.69, 9.17) is 0 Å². The van der Waals surface area contributed by atoms with Crippen LogP contribution in [0.5, 0.6) is 0 Å². The van der Waals surface area contributed by atoms with Gasteiger partial charge in [-0.05, 0) is 30.9 Å². The van der Waals surface area contributed by atoms with Gasteiger partial charge in [-0.3, -0.25) is 0 Å². The van der Waals surface area contributed by atoms with Crippen molar-refractivity contribution in [1.82, 2.24) is 0 Å². The van der Waals surface area contributed by atoms with Gasteiger partial charge in [0.2, 0.25) is 0 Å². The largest absolute Gasteiger partial charge is 0.111 e. The third-order valence-corrected chi connectivity index (χ3v) is 6.75. The Balaban J connectivity index is -0.000000152. The summed E-state index contributed by atoms with van der Waals surface area (Å²) in [5.41, 5.74) is 0. The third kappa shape index (κ3) is 51.0. The second-order valence-electron chi connectivity index (χ2n) is 13.9. The van der Waals surface area contributed by atoms with Crippen LogP contribution in [0.4, 0.5) is 0 Å². The fourth-order valence-electron chi connectivity index (χ4n) is 3.38. The summed E-state index contributed by atoms with van der Waals surface area (Å²) in [5, 5.41) is 3.07. The van der Waals surface area contributed by atoms with Crippen LogP contribution in [0.25, 0.3) is 0 Å². The molecule has 0 spiro atoms. The van der Waals surface area contributed by atoms with Gasteiger partial charge in [0.1, 0.15) is 0 Å². The zero-order chi connectivity index (χ0) is 23.1. The molecular formula is C24H57P3Pd. The van der Waals surface area contributed by atoms with Crippen LogP contribution in [0.15, 0.2) is 0 Å². The summed E-state index contributed by atoms with van der Waals surface area (Å²) in [6.07, 6.45) is 0. The van der Waals surface area contributed by atoms with Gasteiger partial charge in [0.05, 0.1) is 0 Å². The van der Waals surface area contributed by atoms with Gasteiger partial charge in [0.25, 0.3) is 0 Å². The zero-order valence-electron chi connectivity index (χ0n) is 22.8. The number of rotatable bonds is 0. The fourth-order valence-corrected chi connectivity index (χ4v) is 10.1. The SMILES string of the molecule is CC(C)(C)PC(C)(C)C.CC(C)(C)PC(C)(C)C.CC(C)(C)PC(C)(C)C.[Pd]. The summed E-state index contributed by atoms with van der Waals surface area (Å²) in [5.74, 6) is 0.